The summed E-state index contributed by atoms with van der Waals surface area (Å²) in [5.74, 6) is 0.802. The molecule has 32 heavy (non-hydrogen) atoms. The lowest BCUT2D eigenvalue weighted by atomic mass is 10.0. The second-order valence-electron chi connectivity index (χ2n) is 6.96. The average Bonchev–Trinajstić information content (AvgIpc) is 2.75. The summed E-state index contributed by atoms with van der Waals surface area (Å²) >= 11 is 0. The topological polar surface area (TPSA) is 109 Å². The van der Waals surface area contributed by atoms with Gasteiger partial charge in [-0.1, -0.05) is 0 Å². The third-order valence-electron chi connectivity index (χ3n) is 4.94. The molecule has 1 atom stereocenters. The minimum atomic E-state index is -4.77. The number of nitro benzene ring substituents is 1. The molecule has 0 radical (unpaired) electrons. The summed E-state index contributed by atoms with van der Waals surface area (Å²) in [6, 6.07) is 4.62. The van der Waals surface area contributed by atoms with Crippen LogP contribution in [0.5, 0.6) is 11.5 Å². The van der Waals surface area contributed by atoms with Crippen molar-refractivity contribution < 1.29 is 27.6 Å². The molecule has 12 heteroatoms. The lowest BCUT2D eigenvalue weighted by molar-refractivity contribution is -0.385. The van der Waals surface area contributed by atoms with Crippen molar-refractivity contribution in [3.05, 3.63) is 62.1 Å². The highest BCUT2D eigenvalue weighted by Gasteiger charge is 2.33. The summed E-state index contributed by atoms with van der Waals surface area (Å²) in [5.41, 5.74) is -2.02. The highest BCUT2D eigenvalue weighted by Crippen LogP contribution is 2.37. The summed E-state index contributed by atoms with van der Waals surface area (Å²) < 4.78 is 51.5. The summed E-state index contributed by atoms with van der Waals surface area (Å²) in [5, 5.41) is 14.5. The molecule has 170 valence electrons. The Morgan fingerprint density at radius 3 is 2.31 bits per heavy atom. The van der Waals surface area contributed by atoms with Gasteiger partial charge in [-0.3, -0.25) is 14.7 Å². The van der Waals surface area contributed by atoms with E-state index in [9.17, 15) is 28.1 Å². The molecule has 1 N–H and O–H groups in total. The van der Waals surface area contributed by atoms with Crippen molar-refractivity contribution >= 4 is 22.4 Å². The van der Waals surface area contributed by atoms with Crippen LogP contribution in [-0.2, 0) is 13.2 Å². The lowest BCUT2D eigenvalue weighted by Gasteiger charge is -2.19. The van der Waals surface area contributed by atoms with E-state index in [0.717, 1.165) is 12.1 Å². The normalized spacial score (nSPS) is 12.5. The smallest absolute Gasteiger partial charge is 0.416 e. The molecule has 0 aliphatic carbocycles. The molecular weight excluding hydrogens is 433 g/mol. The lowest BCUT2D eigenvalue weighted by Crippen LogP contribution is -2.23. The number of hydrogen-bond donors (Lipinski definition) is 1. The number of rotatable bonds is 6. The van der Waals surface area contributed by atoms with Crippen molar-refractivity contribution in [2.24, 2.45) is 7.05 Å². The van der Waals surface area contributed by atoms with Crippen molar-refractivity contribution in [1.82, 2.24) is 9.55 Å². The Morgan fingerprint density at radius 2 is 1.75 bits per heavy atom. The van der Waals surface area contributed by atoms with Gasteiger partial charge in [0.1, 0.15) is 5.82 Å². The van der Waals surface area contributed by atoms with E-state index in [1.54, 1.807) is 12.1 Å². The Kier molecular flexibility index (Phi) is 5.97. The number of anilines is 1. The number of nitrogens with zero attached hydrogens (tertiary/aromatic N) is 3. The van der Waals surface area contributed by atoms with Crippen molar-refractivity contribution in [2.75, 3.05) is 19.5 Å². The number of non-ortho nitro benzene ring substituents is 1. The number of hydrogen-bond acceptors (Lipinski definition) is 7. The maximum atomic E-state index is 13.2. The average molecular weight is 452 g/mol. The van der Waals surface area contributed by atoms with Crippen LogP contribution >= 0.6 is 0 Å². The second kappa shape index (κ2) is 8.36. The number of aromatic nitrogens is 2. The Morgan fingerprint density at radius 1 is 1.12 bits per heavy atom. The van der Waals surface area contributed by atoms with Crippen molar-refractivity contribution in [1.29, 1.82) is 0 Å². The van der Waals surface area contributed by atoms with Gasteiger partial charge in [0.05, 0.1) is 36.3 Å². The Balaban J connectivity index is 2.14. The molecule has 0 aliphatic rings. The van der Waals surface area contributed by atoms with Gasteiger partial charge in [-0.25, -0.2) is 4.79 Å². The van der Waals surface area contributed by atoms with E-state index in [0.29, 0.717) is 28.5 Å². The number of alkyl halides is 3. The third-order valence-corrected chi connectivity index (χ3v) is 4.94. The van der Waals surface area contributed by atoms with E-state index in [1.807, 2.05) is 0 Å². The van der Waals surface area contributed by atoms with Crippen molar-refractivity contribution in [3.63, 3.8) is 0 Å². The fourth-order valence-electron chi connectivity index (χ4n) is 3.22. The van der Waals surface area contributed by atoms with Crippen LogP contribution in [0, 0.1) is 10.1 Å². The predicted molar refractivity (Wildman–Crippen MR) is 110 cm³/mol. The van der Waals surface area contributed by atoms with Gasteiger partial charge >= 0.3 is 11.9 Å². The highest BCUT2D eigenvalue weighted by atomic mass is 19.4. The minimum Gasteiger partial charge on any atom is -0.493 e. The molecule has 0 bridgehead atoms. The first kappa shape index (κ1) is 22.8. The zero-order chi connectivity index (χ0) is 23.8. The molecule has 9 nitrogen and oxygen atoms in total. The number of fused-ring (bicyclic) bond motifs is 1. The first-order valence-corrected chi connectivity index (χ1v) is 9.22. The Hall–Kier alpha value is -3.83. The van der Waals surface area contributed by atoms with E-state index in [1.165, 1.54) is 32.8 Å². The molecule has 0 fully saturated rings. The molecule has 0 aliphatic heterocycles. The van der Waals surface area contributed by atoms with Gasteiger partial charge < -0.3 is 14.8 Å². The maximum absolute atomic E-state index is 13.2. The number of nitro groups is 1. The number of benzene rings is 2. The van der Waals surface area contributed by atoms with Crippen LogP contribution in [0.4, 0.5) is 24.7 Å². The van der Waals surface area contributed by atoms with Gasteiger partial charge in [0.25, 0.3) is 5.69 Å². The van der Waals surface area contributed by atoms with Crippen molar-refractivity contribution in [2.45, 2.75) is 19.1 Å². The van der Waals surface area contributed by atoms with Crippen LogP contribution in [0.1, 0.15) is 24.1 Å². The number of aryl methyl sites for hydroxylation is 1. The highest BCUT2D eigenvalue weighted by molar-refractivity contribution is 5.92. The predicted octanol–water partition coefficient (Wildman–Crippen LogP) is 4.05. The number of halogens is 3. The zero-order valence-corrected chi connectivity index (χ0v) is 17.5. The summed E-state index contributed by atoms with van der Waals surface area (Å²) in [7, 11) is 4.37. The standard InChI is InChI=1S/C20H19F3N4O5/c1-10(11-5-12(20(21,22)23)7-13(6-11)27(29)30)24-18-14-8-16(31-3)17(32-4)9-15(14)26(2)19(28)25-18/h5-10H,1-4H3,(H,24,25,28)/t10-/m1/s1. The number of ether oxygens (including phenoxy) is 2. The molecule has 3 rings (SSSR count). The summed E-state index contributed by atoms with van der Waals surface area (Å²) in [6.45, 7) is 1.50. The van der Waals surface area contributed by atoms with Gasteiger partial charge in [0.2, 0.25) is 0 Å². The molecule has 0 amide bonds. The zero-order valence-electron chi connectivity index (χ0n) is 17.5. The number of methoxy groups -OCH3 is 2. The van der Waals surface area contributed by atoms with Gasteiger partial charge in [-0.2, -0.15) is 18.2 Å². The largest absolute Gasteiger partial charge is 0.493 e. The van der Waals surface area contributed by atoms with E-state index < -0.39 is 34.1 Å². The summed E-state index contributed by atoms with van der Waals surface area (Å²) in [4.78, 5) is 26.6. The molecule has 0 spiro atoms. The fraction of sp³-hybridized carbons (Fsp3) is 0.300. The van der Waals surface area contributed by atoms with E-state index in [-0.39, 0.29) is 11.4 Å². The van der Waals surface area contributed by atoms with E-state index in [4.69, 9.17) is 9.47 Å². The second-order valence-corrected chi connectivity index (χ2v) is 6.96. The van der Waals surface area contributed by atoms with E-state index in [2.05, 4.69) is 10.3 Å². The maximum Gasteiger partial charge on any atom is 0.416 e. The van der Waals surface area contributed by atoms with Gasteiger partial charge in [-0.15, -0.1) is 0 Å². The number of nitrogens with one attached hydrogen (secondary N) is 1. The van der Waals surface area contributed by atoms with Crippen LogP contribution < -0.4 is 20.5 Å². The van der Waals surface area contributed by atoms with Crippen LogP contribution in [-0.4, -0.2) is 28.7 Å². The Labute approximate surface area is 179 Å². The minimum absolute atomic E-state index is 0.00243. The van der Waals surface area contributed by atoms with Crippen LogP contribution in [0.3, 0.4) is 0 Å². The van der Waals surface area contributed by atoms with Gasteiger partial charge in [-0.05, 0) is 24.6 Å². The quantitative estimate of drug-likeness (QED) is 0.444. The molecule has 3 aromatic rings. The summed E-state index contributed by atoms with van der Waals surface area (Å²) in [6.07, 6.45) is -4.77. The van der Waals surface area contributed by atoms with Crippen molar-refractivity contribution in [3.8, 4) is 11.5 Å². The molecule has 1 aromatic heterocycles. The molecule has 1 heterocycles. The third kappa shape index (κ3) is 4.29. The van der Waals surface area contributed by atoms with E-state index >= 15 is 0 Å². The van der Waals surface area contributed by atoms with Crippen LogP contribution in [0.15, 0.2) is 35.1 Å². The van der Waals surface area contributed by atoms with Crippen LogP contribution in [0.25, 0.3) is 10.9 Å². The SMILES string of the molecule is COc1cc2c(N[C@H](C)c3cc([N+](=O)[O-])cc(C(F)(F)F)c3)nc(=O)n(C)c2cc1OC. The molecule has 0 unspecified atom stereocenters. The monoisotopic (exact) mass is 452 g/mol. The molecular formula is C20H19F3N4O5. The molecule has 2 aromatic carbocycles. The first-order valence-electron chi connectivity index (χ1n) is 9.22. The van der Waals surface area contributed by atoms with Crippen LogP contribution in [0.2, 0.25) is 0 Å². The van der Waals surface area contributed by atoms with Gasteiger partial charge in [0.15, 0.2) is 11.5 Å². The van der Waals surface area contributed by atoms with Gasteiger partial charge in [0, 0.05) is 30.6 Å². The molecule has 0 saturated heterocycles. The fourth-order valence-corrected chi connectivity index (χ4v) is 3.22. The first-order chi connectivity index (χ1) is 15.0. The molecule has 0 saturated carbocycles. The Bertz CT molecular complexity index is 1260.